The number of methoxy groups -OCH3 is 2. The van der Waals surface area contributed by atoms with Crippen LogP contribution in [0.3, 0.4) is 0 Å². The van der Waals surface area contributed by atoms with E-state index in [9.17, 15) is 4.79 Å². The summed E-state index contributed by atoms with van der Waals surface area (Å²) in [6.45, 7) is 3.98. The summed E-state index contributed by atoms with van der Waals surface area (Å²) in [5.74, 6) is 0.918. The van der Waals surface area contributed by atoms with Crippen molar-refractivity contribution in [1.29, 1.82) is 0 Å². The Labute approximate surface area is 177 Å². The Morgan fingerprint density at radius 3 is 2.31 bits per heavy atom. The number of nitrogens with one attached hydrogen (secondary N) is 2. The molecule has 0 aromatic heterocycles. The Balaban J connectivity index is 1.62. The highest BCUT2D eigenvalue weighted by Gasteiger charge is 2.17. The Morgan fingerprint density at radius 2 is 1.69 bits per heavy atom. The van der Waals surface area contributed by atoms with E-state index in [0.717, 1.165) is 18.8 Å². The predicted octanol–water partition coefficient (Wildman–Crippen LogP) is 4.79. The van der Waals surface area contributed by atoms with E-state index in [-0.39, 0.29) is 5.91 Å². The quantitative estimate of drug-likeness (QED) is 0.678. The van der Waals surface area contributed by atoms with Crippen molar-refractivity contribution in [3.05, 3.63) is 41.4 Å². The molecule has 2 N–H and O–H groups in total. The van der Waals surface area contributed by atoms with E-state index < -0.39 is 6.04 Å². The Bertz CT molecular complexity index is 836. The van der Waals surface area contributed by atoms with Crippen molar-refractivity contribution in [2.45, 2.75) is 32.2 Å². The minimum atomic E-state index is -0.491. The second kappa shape index (κ2) is 9.74. The van der Waals surface area contributed by atoms with Crippen molar-refractivity contribution in [2.75, 3.05) is 42.8 Å². The first kappa shape index (κ1) is 21.1. The maximum Gasteiger partial charge on any atom is 0.246 e. The first-order valence-corrected chi connectivity index (χ1v) is 10.2. The minimum Gasteiger partial charge on any atom is -0.495 e. The summed E-state index contributed by atoms with van der Waals surface area (Å²) in [6.07, 6.45) is 3.78. The number of amides is 1. The molecular formula is C22H28ClN3O3. The summed E-state index contributed by atoms with van der Waals surface area (Å²) >= 11 is 6.21. The summed E-state index contributed by atoms with van der Waals surface area (Å²) in [5, 5.41) is 6.54. The molecule has 1 aliphatic heterocycles. The van der Waals surface area contributed by atoms with Crippen LogP contribution in [0, 0.1) is 0 Å². The average molecular weight is 418 g/mol. The molecule has 0 spiro atoms. The monoisotopic (exact) mass is 417 g/mol. The van der Waals surface area contributed by atoms with Gasteiger partial charge in [0.1, 0.15) is 17.5 Å². The molecule has 0 saturated carbocycles. The van der Waals surface area contributed by atoms with Gasteiger partial charge in [-0.3, -0.25) is 4.79 Å². The van der Waals surface area contributed by atoms with Crippen molar-refractivity contribution >= 4 is 34.6 Å². The fourth-order valence-corrected chi connectivity index (χ4v) is 3.67. The number of piperidine rings is 1. The molecule has 0 bridgehead atoms. The Morgan fingerprint density at radius 1 is 1.03 bits per heavy atom. The molecule has 6 nitrogen and oxygen atoms in total. The van der Waals surface area contributed by atoms with E-state index >= 15 is 0 Å². The summed E-state index contributed by atoms with van der Waals surface area (Å²) in [7, 11) is 3.10. The molecule has 2 aromatic carbocycles. The lowest BCUT2D eigenvalue weighted by Gasteiger charge is -2.28. The molecule has 0 aliphatic carbocycles. The molecule has 0 unspecified atom stereocenters. The summed E-state index contributed by atoms with van der Waals surface area (Å²) in [6, 6.07) is 10.9. The van der Waals surface area contributed by atoms with Crippen LogP contribution in [0.5, 0.6) is 11.5 Å². The number of hydrogen-bond acceptors (Lipinski definition) is 5. The van der Waals surface area contributed by atoms with Crippen LogP contribution in [0.2, 0.25) is 5.02 Å². The van der Waals surface area contributed by atoms with E-state index in [1.165, 1.54) is 24.9 Å². The van der Waals surface area contributed by atoms with Crippen molar-refractivity contribution < 1.29 is 14.3 Å². The molecule has 0 radical (unpaired) electrons. The molecule has 2 aromatic rings. The third kappa shape index (κ3) is 5.26. The molecule has 1 fully saturated rings. The number of anilines is 3. The second-order valence-electron chi connectivity index (χ2n) is 7.14. The van der Waals surface area contributed by atoms with Crippen LogP contribution in [0.15, 0.2) is 36.4 Å². The van der Waals surface area contributed by atoms with Gasteiger partial charge in [0.2, 0.25) is 5.91 Å². The smallest absolute Gasteiger partial charge is 0.246 e. The topological polar surface area (TPSA) is 62.8 Å². The van der Waals surface area contributed by atoms with Crippen LogP contribution >= 0.6 is 11.6 Å². The highest BCUT2D eigenvalue weighted by Crippen LogP contribution is 2.36. The third-order valence-electron chi connectivity index (χ3n) is 5.10. The van der Waals surface area contributed by atoms with Gasteiger partial charge in [-0.05, 0) is 56.5 Å². The first-order valence-electron chi connectivity index (χ1n) is 9.85. The van der Waals surface area contributed by atoms with Gasteiger partial charge in [0.05, 0.1) is 24.9 Å². The van der Waals surface area contributed by atoms with Gasteiger partial charge < -0.3 is 25.0 Å². The molecule has 1 amide bonds. The number of ether oxygens (including phenoxy) is 2. The van der Waals surface area contributed by atoms with Crippen LogP contribution in [0.4, 0.5) is 17.1 Å². The lowest BCUT2D eigenvalue weighted by molar-refractivity contribution is -0.116. The van der Waals surface area contributed by atoms with Gasteiger partial charge in [0.25, 0.3) is 0 Å². The third-order valence-corrected chi connectivity index (χ3v) is 5.39. The summed E-state index contributed by atoms with van der Waals surface area (Å²) < 4.78 is 10.6. The average Bonchev–Trinajstić information content (AvgIpc) is 2.75. The number of benzene rings is 2. The SMILES string of the molecule is COc1cc(OC)c(N[C@@H](C)C(=O)Nc2ccc(N3CCCCC3)cc2)cc1Cl. The van der Waals surface area contributed by atoms with Crippen molar-refractivity contribution in [1.82, 2.24) is 0 Å². The molecule has 29 heavy (non-hydrogen) atoms. The van der Waals surface area contributed by atoms with Crippen LogP contribution < -0.4 is 25.0 Å². The van der Waals surface area contributed by atoms with Gasteiger partial charge in [-0.1, -0.05) is 11.6 Å². The normalized spacial score (nSPS) is 14.8. The lowest BCUT2D eigenvalue weighted by Crippen LogP contribution is -2.32. The van der Waals surface area contributed by atoms with Crippen LogP contribution in [0.25, 0.3) is 0 Å². The molecule has 3 rings (SSSR count). The molecular weight excluding hydrogens is 390 g/mol. The zero-order valence-electron chi connectivity index (χ0n) is 17.1. The number of rotatable bonds is 7. The summed E-state index contributed by atoms with van der Waals surface area (Å²) in [5.41, 5.74) is 2.59. The maximum atomic E-state index is 12.6. The number of halogens is 1. The highest BCUT2D eigenvalue weighted by atomic mass is 35.5. The van der Waals surface area contributed by atoms with E-state index in [2.05, 4.69) is 27.7 Å². The Kier molecular flexibility index (Phi) is 7.09. The Hall–Kier alpha value is -2.60. The van der Waals surface area contributed by atoms with Gasteiger partial charge in [-0.25, -0.2) is 0 Å². The van der Waals surface area contributed by atoms with E-state index in [0.29, 0.717) is 22.2 Å². The van der Waals surface area contributed by atoms with E-state index in [1.807, 2.05) is 12.1 Å². The van der Waals surface area contributed by atoms with Crippen molar-refractivity contribution in [3.8, 4) is 11.5 Å². The molecule has 7 heteroatoms. The van der Waals surface area contributed by atoms with Crippen molar-refractivity contribution in [2.24, 2.45) is 0 Å². The standard InChI is InChI=1S/C22H28ClN3O3/c1-15(24-19-13-18(23)20(28-2)14-21(19)29-3)22(27)25-16-7-9-17(10-8-16)26-11-5-4-6-12-26/h7-10,13-15,24H,4-6,11-12H2,1-3H3,(H,25,27)/t15-/m0/s1. The van der Waals surface area contributed by atoms with Gasteiger partial charge in [0, 0.05) is 30.5 Å². The number of carbonyl (C=O) groups is 1. The zero-order valence-corrected chi connectivity index (χ0v) is 17.9. The van der Waals surface area contributed by atoms with Crippen molar-refractivity contribution in [3.63, 3.8) is 0 Å². The molecule has 1 aliphatic rings. The predicted molar refractivity (Wildman–Crippen MR) is 119 cm³/mol. The van der Waals surface area contributed by atoms with Gasteiger partial charge in [-0.15, -0.1) is 0 Å². The molecule has 156 valence electrons. The second-order valence-corrected chi connectivity index (χ2v) is 7.54. The van der Waals surface area contributed by atoms with E-state index in [4.69, 9.17) is 21.1 Å². The maximum absolute atomic E-state index is 12.6. The lowest BCUT2D eigenvalue weighted by atomic mass is 10.1. The van der Waals surface area contributed by atoms with Gasteiger partial charge in [0.15, 0.2) is 0 Å². The first-order chi connectivity index (χ1) is 14.0. The summed E-state index contributed by atoms with van der Waals surface area (Å²) in [4.78, 5) is 15.0. The number of hydrogen-bond donors (Lipinski definition) is 2. The van der Waals surface area contributed by atoms with Crippen LogP contribution in [-0.4, -0.2) is 39.3 Å². The minimum absolute atomic E-state index is 0.148. The fraction of sp³-hybridized carbons (Fsp3) is 0.409. The molecule has 1 heterocycles. The van der Waals surface area contributed by atoms with Crippen LogP contribution in [-0.2, 0) is 4.79 Å². The van der Waals surface area contributed by atoms with Gasteiger partial charge >= 0.3 is 0 Å². The number of nitrogens with zero attached hydrogens (tertiary/aromatic N) is 1. The highest BCUT2D eigenvalue weighted by molar-refractivity contribution is 6.32. The zero-order chi connectivity index (χ0) is 20.8. The van der Waals surface area contributed by atoms with Gasteiger partial charge in [-0.2, -0.15) is 0 Å². The molecule has 1 saturated heterocycles. The largest absolute Gasteiger partial charge is 0.495 e. The van der Waals surface area contributed by atoms with E-state index in [1.54, 1.807) is 33.3 Å². The molecule has 1 atom stereocenters. The number of carbonyl (C=O) groups excluding carboxylic acids is 1. The fourth-order valence-electron chi connectivity index (χ4n) is 3.43. The van der Waals surface area contributed by atoms with Crippen LogP contribution in [0.1, 0.15) is 26.2 Å².